The van der Waals surface area contributed by atoms with Crippen molar-refractivity contribution in [3.63, 3.8) is 0 Å². The summed E-state index contributed by atoms with van der Waals surface area (Å²) >= 11 is 0. The van der Waals surface area contributed by atoms with Gasteiger partial charge in [0.25, 0.3) is 5.91 Å². The molecule has 3 rings (SSSR count). The first-order valence-corrected chi connectivity index (χ1v) is 10.5. The van der Waals surface area contributed by atoms with Crippen LogP contribution in [0.1, 0.15) is 28.9 Å². The van der Waals surface area contributed by atoms with E-state index in [1.807, 2.05) is 12.1 Å². The first kappa shape index (κ1) is 24.4. The summed E-state index contributed by atoms with van der Waals surface area (Å²) in [5.74, 6) is 0.963. The van der Waals surface area contributed by atoms with Crippen molar-refractivity contribution in [2.45, 2.75) is 13.0 Å². The highest BCUT2D eigenvalue weighted by molar-refractivity contribution is 5.96. The molecule has 0 aliphatic rings. The number of methoxy groups -OCH3 is 3. The minimum Gasteiger partial charge on any atom is -0.497 e. The minimum atomic E-state index is -0.688. The number of rotatable bonds is 10. The summed E-state index contributed by atoms with van der Waals surface area (Å²) in [7, 11) is 4.66. The lowest BCUT2D eigenvalue weighted by molar-refractivity contribution is -0.124. The molecule has 0 saturated carbocycles. The number of ether oxygens (including phenoxy) is 4. The molecule has 0 radical (unpaired) electrons. The van der Waals surface area contributed by atoms with Gasteiger partial charge in [-0.25, -0.2) is 9.78 Å². The molecule has 3 aromatic rings. The Morgan fingerprint density at radius 1 is 0.941 bits per heavy atom. The fraction of sp³-hybridized carbons (Fsp3) is 0.240. The minimum absolute atomic E-state index is 0.184. The van der Waals surface area contributed by atoms with Gasteiger partial charge < -0.3 is 29.6 Å². The zero-order chi connectivity index (χ0) is 24.5. The highest BCUT2D eigenvalue weighted by atomic mass is 16.5. The van der Waals surface area contributed by atoms with Crippen molar-refractivity contribution >= 4 is 23.4 Å². The molecular formula is C25H27N3O6. The third-order valence-corrected chi connectivity index (χ3v) is 5.00. The number of para-hydroxylation sites is 2. The van der Waals surface area contributed by atoms with E-state index in [9.17, 15) is 9.59 Å². The number of amides is 1. The van der Waals surface area contributed by atoms with Crippen molar-refractivity contribution < 1.29 is 28.5 Å². The molecule has 1 aromatic heterocycles. The third kappa shape index (κ3) is 5.94. The number of hydrogen-bond donors (Lipinski definition) is 2. The van der Waals surface area contributed by atoms with Crippen LogP contribution in [0, 0.1) is 0 Å². The molecule has 0 bridgehead atoms. The summed E-state index contributed by atoms with van der Waals surface area (Å²) < 4.78 is 21.2. The van der Waals surface area contributed by atoms with Crippen LogP contribution in [-0.2, 0) is 9.53 Å². The molecule has 0 aliphatic heterocycles. The Balaban J connectivity index is 1.65. The van der Waals surface area contributed by atoms with E-state index in [4.69, 9.17) is 18.9 Å². The molecule has 0 aliphatic carbocycles. The zero-order valence-corrected chi connectivity index (χ0v) is 19.5. The Morgan fingerprint density at radius 3 is 2.44 bits per heavy atom. The molecule has 0 fully saturated rings. The van der Waals surface area contributed by atoms with E-state index >= 15 is 0 Å². The van der Waals surface area contributed by atoms with Crippen molar-refractivity contribution in [1.29, 1.82) is 0 Å². The smallest absolute Gasteiger partial charge is 0.342 e. The van der Waals surface area contributed by atoms with Crippen LogP contribution >= 0.6 is 0 Å². The number of anilines is 2. The second kappa shape index (κ2) is 11.6. The molecule has 0 spiro atoms. The van der Waals surface area contributed by atoms with Crippen molar-refractivity contribution in [2.24, 2.45) is 0 Å². The lowest BCUT2D eigenvalue weighted by Crippen LogP contribution is -2.31. The lowest BCUT2D eigenvalue weighted by Gasteiger charge is -2.18. The van der Waals surface area contributed by atoms with E-state index in [1.165, 1.54) is 0 Å². The SMILES string of the molecule is COc1ccc(OC)c([C@H](C)NC(=O)COC(=O)c2cccnc2Nc2ccccc2OC)c1. The van der Waals surface area contributed by atoms with Gasteiger partial charge in [0, 0.05) is 11.8 Å². The van der Waals surface area contributed by atoms with Gasteiger partial charge in [-0.2, -0.15) is 0 Å². The lowest BCUT2D eigenvalue weighted by atomic mass is 10.1. The Morgan fingerprint density at radius 2 is 1.71 bits per heavy atom. The van der Waals surface area contributed by atoms with Crippen molar-refractivity contribution in [3.05, 3.63) is 71.9 Å². The van der Waals surface area contributed by atoms with Crippen LogP contribution < -0.4 is 24.8 Å². The van der Waals surface area contributed by atoms with Crippen molar-refractivity contribution in [2.75, 3.05) is 33.3 Å². The molecule has 0 saturated heterocycles. The highest BCUT2D eigenvalue weighted by Gasteiger charge is 2.19. The average Bonchev–Trinajstić information content (AvgIpc) is 2.87. The largest absolute Gasteiger partial charge is 0.497 e. The van der Waals surface area contributed by atoms with Gasteiger partial charge in [-0.1, -0.05) is 12.1 Å². The number of aromatic nitrogens is 1. The normalized spacial score (nSPS) is 11.2. The third-order valence-electron chi connectivity index (χ3n) is 5.00. The predicted molar refractivity (Wildman–Crippen MR) is 127 cm³/mol. The van der Waals surface area contributed by atoms with Gasteiger partial charge >= 0.3 is 5.97 Å². The number of hydrogen-bond acceptors (Lipinski definition) is 8. The maximum Gasteiger partial charge on any atom is 0.342 e. The summed E-state index contributed by atoms with van der Waals surface area (Å²) in [6, 6.07) is 15.3. The van der Waals surface area contributed by atoms with Crippen LogP contribution in [0.3, 0.4) is 0 Å². The number of carbonyl (C=O) groups excluding carboxylic acids is 2. The van der Waals surface area contributed by atoms with Crippen LogP contribution in [0.2, 0.25) is 0 Å². The molecule has 34 heavy (non-hydrogen) atoms. The number of benzene rings is 2. The summed E-state index contributed by atoms with van der Waals surface area (Å²) in [5, 5.41) is 5.87. The number of carbonyl (C=O) groups is 2. The number of esters is 1. The summed E-state index contributed by atoms with van der Waals surface area (Å²) in [4.78, 5) is 29.4. The summed E-state index contributed by atoms with van der Waals surface area (Å²) in [5.41, 5.74) is 1.55. The summed E-state index contributed by atoms with van der Waals surface area (Å²) in [6.45, 7) is 1.34. The fourth-order valence-corrected chi connectivity index (χ4v) is 3.29. The standard InChI is InChI=1S/C25H27N3O6/c1-16(19-14-17(31-2)11-12-21(19)32-3)27-23(29)15-34-25(30)18-8-7-13-26-24(18)28-20-9-5-6-10-22(20)33-4/h5-14,16H,15H2,1-4H3,(H,26,28)(H,27,29)/t16-/m0/s1. The second-order valence-corrected chi connectivity index (χ2v) is 7.20. The van der Waals surface area contributed by atoms with Crippen LogP contribution in [0.25, 0.3) is 0 Å². The topological polar surface area (TPSA) is 108 Å². The van der Waals surface area contributed by atoms with Gasteiger partial charge in [-0.05, 0) is 49.4 Å². The van der Waals surface area contributed by atoms with Crippen LogP contribution in [-0.4, -0.2) is 44.8 Å². The van der Waals surface area contributed by atoms with E-state index in [-0.39, 0.29) is 11.4 Å². The first-order valence-electron chi connectivity index (χ1n) is 10.5. The van der Waals surface area contributed by atoms with E-state index in [2.05, 4.69) is 15.6 Å². The van der Waals surface area contributed by atoms with Gasteiger partial charge in [0.05, 0.1) is 33.1 Å². The maximum absolute atomic E-state index is 12.7. The van der Waals surface area contributed by atoms with Crippen LogP contribution in [0.5, 0.6) is 17.2 Å². The Hall–Kier alpha value is -4.27. The van der Waals surface area contributed by atoms with Crippen LogP contribution in [0.15, 0.2) is 60.8 Å². The maximum atomic E-state index is 12.7. The Bertz CT molecular complexity index is 1150. The molecular weight excluding hydrogens is 438 g/mol. The Kier molecular flexibility index (Phi) is 8.28. The Labute approximate surface area is 198 Å². The van der Waals surface area contributed by atoms with Gasteiger partial charge in [0.1, 0.15) is 28.6 Å². The summed E-state index contributed by atoms with van der Waals surface area (Å²) in [6.07, 6.45) is 1.55. The second-order valence-electron chi connectivity index (χ2n) is 7.20. The monoisotopic (exact) mass is 465 g/mol. The van der Waals surface area contributed by atoms with Gasteiger partial charge in [-0.3, -0.25) is 4.79 Å². The van der Waals surface area contributed by atoms with Crippen molar-refractivity contribution in [1.82, 2.24) is 10.3 Å². The quantitative estimate of drug-likeness (QED) is 0.434. The van der Waals surface area contributed by atoms with Gasteiger partial charge in [-0.15, -0.1) is 0 Å². The molecule has 178 valence electrons. The highest BCUT2D eigenvalue weighted by Crippen LogP contribution is 2.29. The number of pyridine rings is 1. The molecule has 9 nitrogen and oxygen atoms in total. The van der Waals surface area contributed by atoms with Crippen LogP contribution in [0.4, 0.5) is 11.5 Å². The van der Waals surface area contributed by atoms with E-state index in [0.717, 1.165) is 5.56 Å². The molecule has 2 aromatic carbocycles. The fourth-order valence-electron chi connectivity index (χ4n) is 3.29. The molecule has 1 heterocycles. The predicted octanol–water partition coefficient (Wildman–Crippen LogP) is 3.89. The van der Waals surface area contributed by atoms with Gasteiger partial charge in [0.15, 0.2) is 6.61 Å². The first-order chi connectivity index (χ1) is 16.5. The molecule has 2 N–H and O–H groups in total. The molecule has 0 unspecified atom stereocenters. The van der Waals surface area contributed by atoms with E-state index in [1.54, 1.807) is 76.9 Å². The van der Waals surface area contributed by atoms with E-state index in [0.29, 0.717) is 22.9 Å². The average molecular weight is 466 g/mol. The molecule has 9 heteroatoms. The van der Waals surface area contributed by atoms with E-state index < -0.39 is 24.5 Å². The molecule has 1 atom stereocenters. The van der Waals surface area contributed by atoms with Crippen molar-refractivity contribution in [3.8, 4) is 17.2 Å². The number of nitrogens with one attached hydrogen (secondary N) is 2. The zero-order valence-electron chi connectivity index (χ0n) is 19.5. The number of nitrogens with zero attached hydrogens (tertiary/aromatic N) is 1. The van der Waals surface area contributed by atoms with Gasteiger partial charge in [0.2, 0.25) is 0 Å². The molecule has 1 amide bonds.